The number of hydrogen-bond donors (Lipinski definition) is 1. The second-order valence-corrected chi connectivity index (χ2v) is 7.03. The Morgan fingerprint density at radius 3 is 2.34 bits per heavy atom. The van der Waals surface area contributed by atoms with Crippen molar-refractivity contribution in [1.82, 2.24) is 0 Å². The molecule has 156 valence electrons. The molecule has 6 heteroatoms. The van der Waals surface area contributed by atoms with Gasteiger partial charge in [-0.25, -0.2) is 0 Å². The summed E-state index contributed by atoms with van der Waals surface area (Å²) in [5.74, 6) is 1.19. The predicted molar refractivity (Wildman–Crippen MR) is 116 cm³/mol. The Bertz CT molecular complexity index is 860. The fraction of sp³-hybridized carbons (Fsp3) is 0.435. The maximum absolute atomic E-state index is 12.9. The smallest absolute Gasteiger partial charge is 0.255 e. The highest BCUT2D eigenvalue weighted by Gasteiger charge is 2.20. The van der Waals surface area contributed by atoms with Gasteiger partial charge in [0.1, 0.15) is 11.5 Å². The van der Waals surface area contributed by atoms with Crippen molar-refractivity contribution in [3.63, 3.8) is 0 Å². The zero-order chi connectivity index (χ0) is 20.8. The maximum atomic E-state index is 12.9. The molecule has 2 aromatic carbocycles. The number of carbonyl (C=O) groups excluding carboxylic acids is 1. The van der Waals surface area contributed by atoms with Gasteiger partial charge in [-0.1, -0.05) is 6.07 Å². The maximum Gasteiger partial charge on any atom is 0.255 e. The molecule has 1 amide bonds. The van der Waals surface area contributed by atoms with Gasteiger partial charge in [0, 0.05) is 30.8 Å². The number of amides is 1. The lowest BCUT2D eigenvalue weighted by atomic mass is 10.1. The monoisotopic (exact) mass is 398 g/mol. The van der Waals surface area contributed by atoms with Gasteiger partial charge < -0.3 is 24.4 Å². The number of hydrogen-bond acceptors (Lipinski definition) is 5. The van der Waals surface area contributed by atoms with Crippen LogP contribution in [-0.2, 0) is 4.74 Å². The molecule has 0 aliphatic carbocycles. The van der Waals surface area contributed by atoms with E-state index in [1.807, 2.05) is 58.0 Å². The highest BCUT2D eigenvalue weighted by atomic mass is 16.5. The van der Waals surface area contributed by atoms with E-state index in [1.54, 1.807) is 0 Å². The number of rotatable bonds is 7. The van der Waals surface area contributed by atoms with Crippen LogP contribution in [0.3, 0.4) is 0 Å². The van der Waals surface area contributed by atoms with Gasteiger partial charge in [-0.05, 0) is 51.0 Å². The van der Waals surface area contributed by atoms with E-state index in [1.165, 1.54) is 0 Å². The van der Waals surface area contributed by atoms with Gasteiger partial charge in [-0.3, -0.25) is 4.79 Å². The van der Waals surface area contributed by atoms with Crippen molar-refractivity contribution in [2.75, 3.05) is 49.7 Å². The summed E-state index contributed by atoms with van der Waals surface area (Å²) in [5, 5.41) is 3.00. The van der Waals surface area contributed by atoms with Gasteiger partial charge in [0.25, 0.3) is 5.91 Å². The fourth-order valence-electron chi connectivity index (χ4n) is 3.32. The van der Waals surface area contributed by atoms with E-state index in [2.05, 4.69) is 10.2 Å². The van der Waals surface area contributed by atoms with Crippen LogP contribution in [-0.4, -0.2) is 45.4 Å². The van der Waals surface area contributed by atoms with Gasteiger partial charge in [-0.15, -0.1) is 0 Å². The van der Waals surface area contributed by atoms with Crippen LogP contribution in [0.25, 0.3) is 0 Å². The second-order valence-electron chi connectivity index (χ2n) is 7.03. The molecule has 0 aromatic heterocycles. The lowest BCUT2D eigenvalue weighted by Gasteiger charge is -2.31. The van der Waals surface area contributed by atoms with Gasteiger partial charge in [0.05, 0.1) is 37.8 Å². The summed E-state index contributed by atoms with van der Waals surface area (Å²) in [6.07, 6.45) is 0. The standard InChI is InChI=1S/C23H30N2O4/c1-5-28-21-15-20(25-9-11-27-12-10-25)22(29-6-2)14-19(21)24-23(26)18-8-7-16(3)17(4)13-18/h7-8,13-15H,5-6,9-12H2,1-4H3,(H,24,26). The molecule has 1 heterocycles. The Balaban J connectivity index is 1.94. The van der Waals surface area contributed by atoms with Crippen molar-refractivity contribution in [2.45, 2.75) is 27.7 Å². The normalized spacial score (nSPS) is 13.9. The summed E-state index contributed by atoms with van der Waals surface area (Å²) in [4.78, 5) is 15.1. The molecule has 1 fully saturated rings. The van der Waals surface area contributed by atoms with Gasteiger partial charge in [-0.2, -0.15) is 0 Å². The zero-order valence-electron chi connectivity index (χ0n) is 17.7. The van der Waals surface area contributed by atoms with Crippen LogP contribution in [0.4, 0.5) is 11.4 Å². The first-order valence-electron chi connectivity index (χ1n) is 10.2. The molecule has 0 atom stereocenters. The van der Waals surface area contributed by atoms with Crippen molar-refractivity contribution in [2.24, 2.45) is 0 Å². The first kappa shape index (κ1) is 21.0. The molecule has 0 saturated carbocycles. The van der Waals surface area contributed by atoms with E-state index in [9.17, 15) is 4.79 Å². The molecule has 29 heavy (non-hydrogen) atoms. The van der Waals surface area contributed by atoms with Crippen molar-refractivity contribution in [3.8, 4) is 11.5 Å². The van der Waals surface area contributed by atoms with Gasteiger partial charge >= 0.3 is 0 Å². The van der Waals surface area contributed by atoms with E-state index in [-0.39, 0.29) is 5.91 Å². The predicted octanol–water partition coefficient (Wildman–Crippen LogP) is 4.19. The Hall–Kier alpha value is -2.73. The molecule has 0 radical (unpaired) electrons. The van der Waals surface area contributed by atoms with Crippen LogP contribution in [0.1, 0.15) is 35.3 Å². The molecule has 1 N–H and O–H groups in total. The number of nitrogens with zero attached hydrogens (tertiary/aromatic N) is 1. The van der Waals surface area contributed by atoms with Crippen molar-refractivity contribution in [3.05, 3.63) is 47.0 Å². The Kier molecular flexibility index (Phi) is 6.99. The molecule has 3 rings (SSSR count). The molecule has 6 nitrogen and oxygen atoms in total. The van der Waals surface area contributed by atoms with Crippen molar-refractivity contribution < 1.29 is 19.0 Å². The summed E-state index contributed by atoms with van der Waals surface area (Å²) in [7, 11) is 0. The highest BCUT2D eigenvalue weighted by Crippen LogP contribution is 2.39. The SMILES string of the molecule is CCOc1cc(N2CCOCC2)c(OCC)cc1NC(=O)c1ccc(C)c(C)c1. The van der Waals surface area contributed by atoms with E-state index >= 15 is 0 Å². The third kappa shape index (κ3) is 5.01. The molecule has 0 spiro atoms. The van der Waals surface area contributed by atoms with E-state index < -0.39 is 0 Å². The van der Waals surface area contributed by atoms with Crippen LogP contribution < -0.4 is 19.7 Å². The largest absolute Gasteiger partial charge is 0.492 e. The minimum Gasteiger partial charge on any atom is -0.492 e. The van der Waals surface area contributed by atoms with Crippen molar-refractivity contribution >= 4 is 17.3 Å². The minimum atomic E-state index is -0.171. The van der Waals surface area contributed by atoms with Crippen LogP contribution in [0.5, 0.6) is 11.5 Å². The Labute approximate surface area is 172 Å². The summed E-state index contributed by atoms with van der Waals surface area (Å²) in [6, 6.07) is 9.51. The second kappa shape index (κ2) is 9.65. The number of aryl methyl sites for hydroxylation is 2. The number of ether oxygens (including phenoxy) is 3. The first-order valence-corrected chi connectivity index (χ1v) is 10.2. The number of nitrogens with one attached hydrogen (secondary N) is 1. The molecule has 0 unspecified atom stereocenters. The van der Waals surface area contributed by atoms with E-state index in [0.29, 0.717) is 43.4 Å². The molecule has 0 bridgehead atoms. The fourth-order valence-corrected chi connectivity index (χ4v) is 3.32. The number of benzene rings is 2. The summed E-state index contributed by atoms with van der Waals surface area (Å²) in [5.41, 5.74) is 4.43. The van der Waals surface area contributed by atoms with E-state index in [4.69, 9.17) is 14.2 Å². The number of morpholine rings is 1. The van der Waals surface area contributed by atoms with Gasteiger partial charge in [0.15, 0.2) is 0 Å². The topological polar surface area (TPSA) is 60.0 Å². The molecule has 1 aliphatic rings. The van der Waals surface area contributed by atoms with Crippen molar-refractivity contribution in [1.29, 1.82) is 0 Å². The first-order chi connectivity index (χ1) is 14.0. The Morgan fingerprint density at radius 2 is 1.69 bits per heavy atom. The minimum absolute atomic E-state index is 0.171. The highest BCUT2D eigenvalue weighted by molar-refractivity contribution is 6.05. The van der Waals surface area contributed by atoms with Crippen LogP contribution >= 0.6 is 0 Å². The number of carbonyl (C=O) groups is 1. The van der Waals surface area contributed by atoms with Crippen LogP contribution in [0.15, 0.2) is 30.3 Å². The molecular formula is C23H30N2O4. The molecular weight excluding hydrogens is 368 g/mol. The molecule has 2 aromatic rings. The molecule has 1 saturated heterocycles. The third-order valence-electron chi connectivity index (χ3n) is 5.03. The quantitative estimate of drug-likeness (QED) is 0.758. The summed E-state index contributed by atoms with van der Waals surface area (Å²) >= 11 is 0. The van der Waals surface area contributed by atoms with Crippen LogP contribution in [0.2, 0.25) is 0 Å². The summed E-state index contributed by atoms with van der Waals surface area (Å²) in [6.45, 7) is 11.9. The van der Waals surface area contributed by atoms with Gasteiger partial charge in [0.2, 0.25) is 0 Å². The third-order valence-corrected chi connectivity index (χ3v) is 5.03. The zero-order valence-corrected chi connectivity index (χ0v) is 17.7. The average molecular weight is 399 g/mol. The lowest BCUT2D eigenvalue weighted by molar-refractivity contribution is 0.102. The summed E-state index contributed by atoms with van der Waals surface area (Å²) < 4.78 is 17.2. The average Bonchev–Trinajstić information content (AvgIpc) is 2.72. The van der Waals surface area contributed by atoms with E-state index in [0.717, 1.165) is 35.7 Å². The Morgan fingerprint density at radius 1 is 1.00 bits per heavy atom. The lowest BCUT2D eigenvalue weighted by Crippen LogP contribution is -2.36. The van der Waals surface area contributed by atoms with Crippen LogP contribution in [0, 0.1) is 13.8 Å². The number of anilines is 2. The molecule has 1 aliphatic heterocycles.